The van der Waals surface area contributed by atoms with E-state index in [2.05, 4.69) is 34.6 Å². The Morgan fingerprint density at radius 2 is 1.67 bits per heavy atom. The highest BCUT2D eigenvalue weighted by Crippen LogP contribution is 2.26. The van der Waals surface area contributed by atoms with Crippen LogP contribution in [0.25, 0.3) is 0 Å². The van der Waals surface area contributed by atoms with E-state index in [-0.39, 0.29) is 0 Å². The summed E-state index contributed by atoms with van der Waals surface area (Å²) >= 11 is 0. The van der Waals surface area contributed by atoms with E-state index in [0.717, 1.165) is 6.42 Å². The van der Waals surface area contributed by atoms with Gasteiger partial charge in [-0.2, -0.15) is 0 Å². The van der Waals surface area contributed by atoms with Crippen LogP contribution < -0.4 is 0 Å². The van der Waals surface area contributed by atoms with Crippen LogP contribution in [0.15, 0.2) is 0 Å². The average molecular weight is 172 g/mol. The van der Waals surface area contributed by atoms with Crippen LogP contribution in [0.2, 0.25) is 0 Å². The van der Waals surface area contributed by atoms with Gasteiger partial charge in [-0.3, -0.25) is 0 Å². The molecule has 1 atom stereocenters. The maximum Gasteiger partial charge on any atom is 0.0461 e. The Morgan fingerprint density at radius 3 is 1.92 bits per heavy atom. The third-order valence-corrected chi connectivity index (χ3v) is 2.44. The summed E-state index contributed by atoms with van der Waals surface area (Å²) in [5.41, 5.74) is 0.405. The number of aliphatic hydroxyl groups is 1. The zero-order chi connectivity index (χ0) is 9.78. The molecule has 0 aliphatic carbocycles. The molecule has 0 bridgehead atoms. The Kier molecular flexibility index (Phi) is 4.84. The Morgan fingerprint density at radius 1 is 1.17 bits per heavy atom. The van der Waals surface area contributed by atoms with Crippen LogP contribution in [0.4, 0.5) is 0 Å². The Bertz CT molecular complexity index is 111. The molecule has 0 aromatic heterocycles. The molecule has 1 N–H and O–H groups in total. The van der Waals surface area contributed by atoms with Gasteiger partial charge in [0.2, 0.25) is 0 Å². The van der Waals surface area contributed by atoms with E-state index in [1.54, 1.807) is 0 Å². The van der Waals surface area contributed by atoms with Crippen LogP contribution in [0, 0.1) is 17.3 Å². The lowest BCUT2D eigenvalue weighted by Crippen LogP contribution is -2.16. The van der Waals surface area contributed by atoms with E-state index in [0.29, 0.717) is 23.9 Å². The minimum atomic E-state index is 0.341. The van der Waals surface area contributed by atoms with E-state index in [4.69, 9.17) is 5.11 Å². The van der Waals surface area contributed by atoms with Crippen molar-refractivity contribution >= 4 is 0 Å². The molecule has 0 saturated carbocycles. The van der Waals surface area contributed by atoms with Gasteiger partial charge in [-0.15, -0.1) is 0 Å². The van der Waals surface area contributed by atoms with Crippen LogP contribution in [0.3, 0.4) is 0 Å². The first-order chi connectivity index (χ1) is 5.37. The summed E-state index contributed by atoms with van der Waals surface area (Å²) in [4.78, 5) is 0. The maximum absolute atomic E-state index is 9.09. The van der Waals surface area contributed by atoms with Crippen molar-refractivity contribution in [3.05, 3.63) is 0 Å². The lowest BCUT2D eigenvalue weighted by molar-refractivity contribution is 0.165. The molecule has 0 radical (unpaired) electrons. The zero-order valence-electron chi connectivity index (χ0n) is 9.22. The molecule has 0 aromatic rings. The molecule has 0 amide bonds. The van der Waals surface area contributed by atoms with Crippen molar-refractivity contribution in [2.24, 2.45) is 17.3 Å². The van der Waals surface area contributed by atoms with Crippen molar-refractivity contribution in [1.82, 2.24) is 0 Å². The van der Waals surface area contributed by atoms with E-state index in [1.165, 1.54) is 6.42 Å². The van der Waals surface area contributed by atoms with E-state index >= 15 is 0 Å². The van der Waals surface area contributed by atoms with E-state index in [1.807, 2.05) is 0 Å². The fourth-order valence-electron chi connectivity index (χ4n) is 1.25. The summed E-state index contributed by atoms with van der Waals surface area (Å²) in [5, 5.41) is 9.09. The first kappa shape index (κ1) is 12.0. The summed E-state index contributed by atoms with van der Waals surface area (Å²) in [6.45, 7) is 11.5. The predicted octanol–water partition coefficient (Wildman–Crippen LogP) is 3.08. The van der Waals surface area contributed by atoms with E-state index in [9.17, 15) is 0 Å². The van der Waals surface area contributed by atoms with Crippen molar-refractivity contribution in [2.45, 2.75) is 47.5 Å². The molecule has 0 unspecified atom stereocenters. The normalized spacial score (nSPS) is 15.2. The summed E-state index contributed by atoms with van der Waals surface area (Å²) in [7, 11) is 0. The average Bonchev–Trinajstić information content (AvgIpc) is 1.85. The lowest BCUT2D eigenvalue weighted by atomic mass is 9.83. The van der Waals surface area contributed by atoms with Crippen molar-refractivity contribution in [3.63, 3.8) is 0 Å². The largest absolute Gasteiger partial charge is 0.396 e. The maximum atomic E-state index is 9.09. The SMILES string of the molecule is CC(C)[C@H](CO)CCC(C)(C)C. The molecule has 74 valence electrons. The first-order valence-electron chi connectivity index (χ1n) is 4.97. The van der Waals surface area contributed by atoms with Crippen LogP contribution in [0.5, 0.6) is 0 Å². The smallest absolute Gasteiger partial charge is 0.0461 e. The van der Waals surface area contributed by atoms with Gasteiger partial charge in [0.05, 0.1) is 0 Å². The molecular weight excluding hydrogens is 148 g/mol. The van der Waals surface area contributed by atoms with Gasteiger partial charge in [0, 0.05) is 6.61 Å². The standard InChI is InChI=1S/C11H24O/c1-9(2)10(8-12)6-7-11(3,4)5/h9-10,12H,6-8H2,1-5H3/t10-/m0/s1. The minimum absolute atomic E-state index is 0.341. The van der Waals surface area contributed by atoms with Gasteiger partial charge in [0.15, 0.2) is 0 Å². The van der Waals surface area contributed by atoms with Crippen LogP contribution in [0.1, 0.15) is 47.5 Å². The number of aliphatic hydroxyl groups excluding tert-OH is 1. The second kappa shape index (κ2) is 4.86. The quantitative estimate of drug-likeness (QED) is 0.691. The molecule has 12 heavy (non-hydrogen) atoms. The van der Waals surface area contributed by atoms with Gasteiger partial charge in [0.1, 0.15) is 0 Å². The highest BCUT2D eigenvalue weighted by molar-refractivity contribution is 4.67. The topological polar surface area (TPSA) is 20.2 Å². The Hall–Kier alpha value is -0.0400. The second-order valence-corrected chi connectivity index (χ2v) is 5.29. The predicted molar refractivity (Wildman–Crippen MR) is 54.1 cm³/mol. The van der Waals surface area contributed by atoms with E-state index < -0.39 is 0 Å². The van der Waals surface area contributed by atoms with Crippen molar-refractivity contribution in [2.75, 3.05) is 6.61 Å². The molecule has 0 heterocycles. The molecule has 0 saturated heterocycles. The Labute approximate surface area is 77.2 Å². The highest BCUT2D eigenvalue weighted by atomic mass is 16.3. The van der Waals surface area contributed by atoms with Crippen molar-refractivity contribution < 1.29 is 5.11 Å². The molecule has 0 fully saturated rings. The lowest BCUT2D eigenvalue weighted by Gasteiger charge is -2.24. The van der Waals surface area contributed by atoms with Gasteiger partial charge in [0.25, 0.3) is 0 Å². The monoisotopic (exact) mass is 172 g/mol. The highest BCUT2D eigenvalue weighted by Gasteiger charge is 2.16. The first-order valence-corrected chi connectivity index (χ1v) is 4.97. The van der Waals surface area contributed by atoms with Crippen LogP contribution in [-0.2, 0) is 0 Å². The van der Waals surface area contributed by atoms with Gasteiger partial charge in [-0.1, -0.05) is 34.6 Å². The molecule has 0 spiro atoms. The molecule has 0 aromatic carbocycles. The summed E-state index contributed by atoms with van der Waals surface area (Å²) in [5.74, 6) is 1.10. The van der Waals surface area contributed by atoms with Crippen LogP contribution >= 0.6 is 0 Å². The minimum Gasteiger partial charge on any atom is -0.396 e. The third kappa shape index (κ3) is 5.59. The zero-order valence-corrected chi connectivity index (χ0v) is 9.22. The molecular formula is C11H24O. The molecule has 1 heteroatoms. The summed E-state index contributed by atoms with van der Waals surface area (Å²) in [6.07, 6.45) is 2.36. The van der Waals surface area contributed by atoms with Crippen molar-refractivity contribution in [3.8, 4) is 0 Å². The van der Waals surface area contributed by atoms with Gasteiger partial charge < -0.3 is 5.11 Å². The van der Waals surface area contributed by atoms with Gasteiger partial charge in [-0.05, 0) is 30.1 Å². The summed E-state index contributed by atoms with van der Waals surface area (Å²) < 4.78 is 0. The molecule has 0 aliphatic rings. The van der Waals surface area contributed by atoms with Crippen LogP contribution in [-0.4, -0.2) is 11.7 Å². The second-order valence-electron chi connectivity index (χ2n) is 5.29. The van der Waals surface area contributed by atoms with Gasteiger partial charge >= 0.3 is 0 Å². The molecule has 1 nitrogen and oxygen atoms in total. The molecule has 0 rings (SSSR count). The fourth-order valence-corrected chi connectivity index (χ4v) is 1.25. The number of hydrogen-bond donors (Lipinski definition) is 1. The number of hydrogen-bond acceptors (Lipinski definition) is 1. The van der Waals surface area contributed by atoms with Gasteiger partial charge in [-0.25, -0.2) is 0 Å². The fraction of sp³-hybridized carbons (Fsp3) is 1.00. The summed E-state index contributed by atoms with van der Waals surface area (Å²) in [6, 6.07) is 0. The Balaban J connectivity index is 3.73. The number of rotatable bonds is 4. The van der Waals surface area contributed by atoms with Crippen molar-refractivity contribution in [1.29, 1.82) is 0 Å². The third-order valence-electron chi connectivity index (χ3n) is 2.44. The molecule has 0 aliphatic heterocycles.